The lowest BCUT2D eigenvalue weighted by atomic mass is 10.1. The lowest BCUT2D eigenvalue weighted by Crippen LogP contribution is -2.50. The summed E-state index contributed by atoms with van der Waals surface area (Å²) in [7, 11) is -1.02. The summed E-state index contributed by atoms with van der Waals surface area (Å²) in [4.78, 5) is 15.0. The third-order valence-corrected chi connectivity index (χ3v) is 4.92. The third-order valence-electron chi connectivity index (χ3n) is 3.02. The number of likely N-dealkylation sites (N-methyl/N-ethyl adjacent to an activating group) is 1. The minimum Gasteiger partial charge on any atom is -0.480 e. The van der Waals surface area contributed by atoms with Crippen molar-refractivity contribution < 1.29 is 18.3 Å². The van der Waals surface area contributed by atoms with Crippen LogP contribution in [0.2, 0.25) is 0 Å². The molecule has 0 atom stereocenters. The van der Waals surface area contributed by atoms with Crippen LogP contribution < -0.4 is 0 Å². The Bertz CT molecular complexity index is 554. The topological polar surface area (TPSA) is 92.5 Å². The molecule has 0 aliphatic heterocycles. The zero-order chi connectivity index (χ0) is 14.3. The van der Waals surface area contributed by atoms with Crippen LogP contribution in [0.15, 0.2) is 11.2 Å². The summed E-state index contributed by atoms with van der Waals surface area (Å²) in [5, 5.41) is 8.90. The van der Waals surface area contributed by atoms with Gasteiger partial charge in [-0.25, -0.2) is 13.4 Å². The zero-order valence-corrected chi connectivity index (χ0v) is 11.8. The van der Waals surface area contributed by atoms with Crippen molar-refractivity contribution in [3.05, 3.63) is 12.0 Å². The Morgan fingerprint density at radius 3 is 2.33 bits per heavy atom. The van der Waals surface area contributed by atoms with Crippen molar-refractivity contribution in [3.63, 3.8) is 0 Å². The van der Waals surface area contributed by atoms with Crippen LogP contribution >= 0.6 is 0 Å². The van der Waals surface area contributed by atoms with Crippen LogP contribution in [0.5, 0.6) is 0 Å². The third kappa shape index (κ3) is 2.25. The minimum absolute atomic E-state index is 0.153. The van der Waals surface area contributed by atoms with Gasteiger partial charge in [-0.2, -0.15) is 4.31 Å². The Balaban J connectivity index is 3.27. The first-order valence-corrected chi connectivity index (χ1v) is 6.67. The largest absolute Gasteiger partial charge is 0.480 e. The van der Waals surface area contributed by atoms with Crippen LogP contribution in [-0.4, -0.2) is 45.9 Å². The fourth-order valence-corrected chi connectivity index (χ4v) is 2.72. The maximum atomic E-state index is 12.2. The van der Waals surface area contributed by atoms with E-state index in [1.807, 2.05) is 0 Å². The molecule has 7 nitrogen and oxygen atoms in total. The molecule has 8 heteroatoms. The average molecular weight is 275 g/mol. The van der Waals surface area contributed by atoms with Gasteiger partial charge in [-0.05, 0) is 20.8 Å². The Hall–Kier alpha value is -1.41. The van der Waals surface area contributed by atoms with Crippen LogP contribution in [-0.2, 0) is 21.9 Å². The van der Waals surface area contributed by atoms with E-state index in [1.54, 1.807) is 18.5 Å². The van der Waals surface area contributed by atoms with E-state index >= 15 is 0 Å². The molecular weight excluding hydrogens is 258 g/mol. The molecular formula is C10H17N3O4S. The van der Waals surface area contributed by atoms with E-state index in [2.05, 4.69) is 4.98 Å². The molecule has 102 valence electrons. The highest BCUT2D eigenvalue weighted by molar-refractivity contribution is 7.89. The Morgan fingerprint density at radius 2 is 2.00 bits per heavy atom. The molecule has 0 saturated heterocycles. The summed E-state index contributed by atoms with van der Waals surface area (Å²) in [6, 6.07) is 0. The monoisotopic (exact) mass is 275 g/mol. The summed E-state index contributed by atoms with van der Waals surface area (Å²) in [6.45, 7) is 4.31. The van der Waals surface area contributed by atoms with E-state index in [9.17, 15) is 13.2 Å². The number of aliphatic carboxylic acids is 1. The SMILES string of the molecule is Cc1nc(S(=O)(=O)N(C)C(C)(C)C(=O)O)cn1C. The summed E-state index contributed by atoms with van der Waals surface area (Å²) in [5.41, 5.74) is -1.54. The second kappa shape index (κ2) is 4.36. The standard InChI is InChI=1S/C10H17N3O4S/c1-7-11-8(6-12(7)4)18(16,17)13(5)10(2,3)9(14)15/h6H,1-5H3,(H,14,15). The summed E-state index contributed by atoms with van der Waals surface area (Å²) in [6.07, 6.45) is 1.36. The molecule has 0 unspecified atom stereocenters. The number of hydrogen-bond donors (Lipinski definition) is 1. The highest BCUT2D eigenvalue weighted by Crippen LogP contribution is 2.22. The maximum Gasteiger partial charge on any atom is 0.324 e. The number of nitrogens with zero attached hydrogens (tertiary/aromatic N) is 3. The summed E-state index contributed by atoms with van der Waals surface area (Å²) >= 11 is 0. The van der Waals surface area contributed by atoms with Crippen LogP contribution in [0.4, 0.5) is 0 Å². The normalized spacial score (nSPS) is 13.0. The van der Waals surface area contributed by atoms with Gasteiger partial charge in [-0.3, -0.25) is 4.79 Å². The van der Waals surface area contributed by atoms with Crippen LogP contribution in [0, 0.1) is 6.92 Å². The predicted molar refractivity (Wildman–Crippen MR) is 64.6 cm³/mol. The number of sulfonamides is 1. The van der Waals surface area contributed by atoms with Gasteiger partial charge in [0.2, 0.25) is 0 Å². The van der Waals surface area contributed by atoms with Crippen LogP contribution in [0.25, 0.3) is 0 Å². The van der Waals surface area contributed by atoms with Crippen molar-refractivity contribution >= 4 is 16.0 Å². The van der Waals surface area contributed by atoms with Crippen molar-refractivity contribution in [3.8, 4) is 0 Å². The number of hydrogen-bond acceptors (Lipinski definition) is 4. The van der Waals surface area contributed by atoms with Crippen molar-refractivity contribution in [2.45, 2.75) is 31.3 Å². The second-order valence-electron chi connectivity index (χ2n) is 4.57. The van der Waals surface area contributed by atoms with Crippen LogP contribution in [0.1, 0.15) is 19.7 Å². The van der Waals surface area contributed by atoms with E-state index < -0.39 is 21.5 Å². The highest BCUT2D eigenvalue weighted by Gasteiger charge is 2.41. The molecule has 0 aliphatic carbocycles. The average Bonchev–Trinajstić information content (AvgIpc) is 2.58. The van der Waals surface area contributed by atoms with Gasteiger partial charge in [0, 0.05) is 20.3 Å². The van der Waals surface area contributed by atoms with Gasteiger partial charge in [0.05, 0.1) is 0 Å². The van der Waals surface area contributed by atoms with Crippen molar-refractivity contribution in [2.24, 2.45) is 7.05 Å². The predicted octanol–water partition coefficient (Wildman–Crippen LogP) is 0.212. The quantitative estimate of drug-likeness (QED) is 0.848. The summed E-state index contributed by atoms with van der Waals surface area (Å²) in [5.74, 6) is -0.684. The van der Waals surface area contributed by atoms with Gasteiger partial charge in [-0.15, -0.1) is 0 Å². The molecule has 0 saturated carbocycles. The van der Waals surface area contributed by atoms with Gasteiger partial charge in [0.1, 0.15) is 11.4 Å². The Kier molecular flexibility index (Phi) is 3.55. The molecule has 0 aromatic carbocycles. The lowest BCUT2D eigenvalue weighted by molar-refractivity contribution is -0.145. The first-order valence-electron chi connectivity index (χ1n) is 5.23. The van der Waals surface area contributed by atoms with Crippen molar-refractivity contribution in [1.29, 1.82) is 0 Å². The molecule has 18 heavy (non-hydrogen) atoms. The van der Waals surface area contributed by atoms with Gasteiger partial charge in [0.15, 0.2) is 5.03 Å². The summed E-state index contributed by atoms with van der Waals surface area (Å²) < 4.78 is 26.8. The first-order chi connectivity index (χ1) is 8.01. The second-order valence-corrected chi connectivity index (χ2v) is 6.49. The molecule has 0 bridgehead atoms. The molecule has 1 aromatic rings. The molecule has 0 amide bonds. The molecule has 0 aliphatic rings. The number of imidazole rings is 1. The molecule has 1 heterocycles. The smallest absolute Gasteiger partial charge is 0.324 e. The molecule has 0 fully saturated rings. The van der Waals surface area contributed by atoms with Crippen molar-refractivity contribution in [2.75, 3.05) is 7.05 Å². The number of carboxylic acids is 1. The fraction of sp³-hybridized carbons (Fsp3) is 0.600. The molecule has 1 N–H and O–H groups in total. The first kappa shape index (κ1) is 14.7. The lowest BCUT2D eigenvalue weighted by Gasteiger charge is -2.29. The molecule has 1 rings (SSSR count). The van der Waals surface area contributed by atoms with E-state index in [0.717, 1.165) is 4.31 Å². The minimum atomic E-state index is -3.92. The van der Waals surface area contributed by atoms with Crippen molar-refractivity contribution in [1.82, 2.24) is 13.9 Å². The van der Waals surface area contributed by atoms with E-state index in [1.165, 1.54) is 27.1 Å². The van der Waals surface area contributed by atoms with E-state index in [0.29, 0.717) is 5.82 Å². The van der Waals surface area contributed by atoms with Crippen LogP contribution in [0.3, 0.4) is 0 Å². The van der Waals surface area contributed by atoms with E-state index in [-0.39, 0.29) is 5.03 Å². The zero-order valence-electron chi connectivity index (χ0n) is 11.0. The van der Waals surface area contributed by atoms with Gasteiger partial charge in [0.25, 0.3) is 10.0 Å². The van der Waals surface area contributed by atoms with Gasteiger partial charge >= 0.3 is 5.97 Å². The number of aryl methyl sites for hydroxylation is 2. The molecule has 0 radical (unpaired) electrons. The van der Waals surface area contributed by atoms with E-state index in [4.69, 9.17) is 5.11 Å². The fourth-order valence-electron chi connectivity index (χ4n) is 1.23. The number of aromatic nitrogens is 2. The number of carboxylic acid groups (broad SMARTS) is 1. The maximum absolute atomic E-state index is 12.2. The Labute approximate surface area is 106 Å². The Morgan fingerprint density at radius 1 is 1.50 bits per heavy atom. The number of rotatable bonds is 4. The highest BCUT2D eigenvalue weighted by atomic mass is 32.2. The molecule has 1 aromatic heterocycles. The molecule has 0 spiro atoms. The van der Waals surface area contributed by atoms with Gasteiger partial charge in [-0.1, -0.05) is 0 Å². The van der Waals surface area contributed by atoms with Gasteiger partial charge < -0.3 is 9.67 Å². The number of carbonyl (C=O) groups is 1.